The van der Waals surface area contributed by atoms with E-state index < -0.39 is 0 Å². The Labute approximate surface area is 145 Å². The van der Waals surface area contributed by atoms with E-state index in [9.17, 15) is 0 Å². The quantitative estimate of drug-likeness (QED) is 0.445. The summed E-state index contributed by atoms with van der Waals surface area (Å²) in [5.41, 5.74) is 2.59. The maximum absolute atomic E-state index is 5.35. The summed E-state index contributed by atoms with van der Waals surface area (Å²) >= 11 is 0. The molecule has 4 heteroatoms. The molecule has 0 unspecified atom stereocenters. The number of hydrogen-bond acceptors (Lipinski definition) is 2. The van der Waals surface area contributed by atoms with E-state index in [1.165, 1.54) is 11.1 Å². The normalized spacial score (nSPS) is 11.5. The lowest BCUT2D eigenvalue weighted by Crippen LogP contribution is -2.40. The van der Waals surface area contributed by atoms with Crippen LogP contribution in [0.3, 0.4) is 0 Å². The molecule has 0 aliphatic rings. The number of ether oxygens (including phenoxy) is 1. The highest BCUT2D eigenvalue weighted by molar-refractivity contribution is 5.79. The van der Waals surface area contributed by atoms with E-state index in [4.69, 9.17) is 4.74 Å². The van der Waals surface area contributed by atoms with Gasteiger partial charge in [-0.1, -0.05) is 60.7 Å². The van der Waals surface area contributed by atoms with Crippen molar-refractivity contribution in [1.82, 2.24) is 10.6 Å². The van der Waals surface area contributed by atoms with E-state index in [1.54, 1.807) is 7.05 Å². The van der Waals surface area contributed by atoms with E-state index in [-0.39, 0.29) is 5.92 Å². The number of benzene rings is 2. The van der Waals surface area contributed by atoms with Crippen molar-refractivity contribution in [2.75, 3.05) is 33.4 Å². The maximum Gasteiger partial charge on any atom is 0.191 e. The van der Waals surface area contributed by atoms with Crippen molar-refractivity contribution in [3.8, 4) is 0 Å². The van der Waals surface area contributed by atoms with Crippen LogP contribution in [0, 0.1) is 0 Å². The summed E-state index contributed by atoms with van der Waals surface area (Å²) in [5, 5.41) is 6.70. The molecule has 0 radical (unpaired) electrons. The van der Waals surface area contributed by atoms with Gasteiger partial charge in [0.25, 0.3) is 0 Å². The molecule has 0 fully saturated rings. The average Bonchev–Trinajstić information content (AvgIpc) is 2.65. The molecular formula is C20H27N3O. The van der Waals surface area contributed by atoms with Crippen molar-refractivity contribution in [1.29, 1.82) is 0 Å². The average molecular weight is 325 g/mol. The van der Waals surface area contributed by atoms with Gasteiger partial charge in [-0.15, -0.1) is 0 Å². The van der Waals surface area contributed by atoms with E-state index in [0.717, 1.165) is 25.7 Å². The summed E-state index contributed by atoms with van der Waals surface area (Å²) in [4.78, 5) is 4.28. The van der Waals surface area contributed by atoms with Crippen LogP contribution in [0.15, 0.2) is 65.7 Å². The first kappa shape index (κ1) is 18.0. The Morgan fingerprint density at radius 1 is 0.958 bits per heavy atom. The molecule has 2 N–H and O–H groups in total. The zero-order valence-electron chi connectivity index (χ0n) is 14.5. The molecule has 0 aliphatic carbocycles. The fraction of sp³-hybridized carbons (Fsp3) is 0.350. The van der Waals surface area contributed by atoms with Crippen LogP contribution in [0.1, 0.15) is 24.0 Å². The fourth-order valence-corrected chi connectivity index (χ4v) is 2.60. The number of hydrogen-bond donors (Lipinski definition) is 2. The second-order valence-electron chi connectivity index (χ2n) is 5.45. The van der Waals surface area contributed by atoms with Crippen LogP contribution in [0.5, 0.6) is 0 Å². The Morgan fingerprint density at radius 2 is 1.54 bits per heavy atom. The third kappa shape index (κ3) is 5.70. The molecule has 0 aromatic heterocycles. The van der Waals surface area contributed by atoms with Gasteiger partial charge < -0.3 is 15.4 Å². The predicted octanol–water partition coefficient (Wildman–Crippen LogP) is 3.02. The summed E-state index contributed by atoms with van der Waals surface area (Å²) in [6, 6.07) is 21.1. The monoisotopic (exact) mass is 325 g/mol. The molecular weight excluding hydrogens is 298 g/mol. The van der Waals surface area contributed by atoms with Crippen LogP contribution in [-0.2, 0) is 4.74 Å². The van der Waals surface area contributed by atoms with Crippen LogP contribution in [-0.4, -0.2) is 39.3 Å². The Morgan fingerprint density at radius 3 is 2.04 bits per heavy atom. The minimum absolute atomic E-state index is 0.276. The van der Waals surface area contributed by atoms with Crippen molar-refractivity contribution >= 4 is 5.96 Å². The molecule has 2 aromatic carbocycles. The number of rotatable bonds is 8. The minimum atomic E-state index is 0.276. The Bertz CT molecular complexity index is 559. The zero-order chi connectivity index (χ0) is 17.0. The van der Waals surface area contributed by atoms with Gasteiger partial charge in [0, 0.05) is 32.7 Å². The third-order valence-electron chi connectivity index (χ3n) is 3.84. The lowest BCUT2D eigenvalue weighted by Gasteiger charge is -2.20. The zero-order valence-corrected chi connectivity index (χ0v) is 14.5. The molecule has 2 aromatic rings. The molecule has 0 saturated carbocycles. The molecule has 128 valence electrons. The lowest BCUT2D eigenvalue weighted by atomic mass is 9.91. The molecule has 0 amide bonds. The van der Waals surface area contributed by atoms with Crippen LogP contribution in [0.25, 0.3) is 0 Å². The van der Waals surface area contributed by atoms with Gasteiger partial charge in [-0.2, -0.15) is 0 Å². The van der Waals surface area contributed by atoms with Gasteiger partial charge in [0.15, 0.2) is 5.96 Å². The second kappa shape index (κ2) is 10.4. The third-order valence-corrected chi connectivity index (χ3v) is 3.84. The molecule has 0 atom stereocenters. The summed E-state index contributed by atoms with van der Waals surface area (Å²) in [6.45, 7) is 4.93. The standard InChI is InChI=1S/C20H27N3O/c1-3-24-15-14-22-20(21-2)23-16-19(17-10-6-4-7-11-17)18-12-8-5-9-13-18/h4-13,19H,3,14-16H2,1-2H3,(H2,21,22,23). The molecule has 0 heterocycles. The fourth-order valence-electron chi connectivity index (χ4n) is 2.60. The van der Waals surface area contributed by atoms with Crippen LogP contribution >= 0.6 is 0 Å². The van der Waals surface area contributed by atoms with Gasteiger partial charge in [0.05, 0.1) is 6.61 Å². The minimum Gasteiger partial charge on any atom is -0.380 e. The summed E-state index contributed by atoms with van der Waals surface area (Å²) in [5.74, 6) is 1.07. The SMILES string of the molecule is CCOCCNC(=NC)NCC(c1ccccc1)c1ccccc1. The van der Waals surface area contributed by atoms with Gasteiger partial charge >= 0.3 is 0 Å². The highest BCUT2D eigenvalue weighted by Crippen LogP contribution is 2.23. The first-order valence-corrected chi connectivity index (χ1v) is 8.47. The van der Waals surface area contributed by atoms with Gasteiger partial charge in [0.2, 0.25) is 0 Å². The number of guanidine groups is 1. The topological polar surface area (TPSA) is 45.6 Å². The van der Waals surface area contributed by atoms with Crippen LogP contribution in [0.4, 0.5) is 0 Å². The maximum atomic E-state index is 5.35. The van der Waals surface area contributed by atoms with E-state index in [1.807, 2.05) is 19.1 Å². The summed E-state index contributed by atoms with van der Waals surface area (Å²) in [7, 11) is 1.79. The Hall–Kier alpha value is -2.33. The molecule has 0 bridgehead atoms. The number of nitrogens with one attached hydrogen (secondary N) is 2. The first-order valence-electron chi connectivity index (χ1n) is 8.47. The molecule has 0 saturated heterocycles. The second-order valence-corrected chi connectivity index (χ2v) is 5.45. The van der Waals surface area contributed by atoms with Crippen LogP contribution in [0.2, 0.25) is 0 Å². The molecule has 24 heavy (non-hydrogen) atoms. The summed E-state index contributed by atoms with van der Waals surface area (Å²) in [6.07, 6.45) is 0. The molecule has 4 nitrogen and oxygen atoms in total. The Balaban J connectivity index is 2.01. The molecule has 0 aliphatic heterocycles. The van der Waals surface area contributed by atoms with Crippen molar-refractivity contribution in [3.63, 3.8) is 0 Å². The van der Waals surface area contributed by atoms with Crippen molar-refractivity contribution < 1.29 is 4.74 Å². The van der Waals surface area contributed by atoms with Crippen molar-refractivity contribution in [2.45, 2.75) is 12.8 Å². The molecule has 0 spiro atoms. The highest BCUT2D eigenvalue weighted by atomic mass is 16.5. The van der Waals surface area contributed by atoms with Gasteiger partial charge in [-0.3, -0.25) is 4.99 Å². The van der Waals surface area contributed by atoms with Crippen molar-refractivity contribution in [2.24, 2.45) is 4.99 Å². The van der Waals surface area contributed by atoms with Crippen LogP contribution < -0.4 is 10.6 Å². The van der Waals surface area contributed by atoms with E-state index in [0.29, 0.717) is 6.61 Å². The predicted molar refractivity (Wildman–Crippen MR) is 101 cm³/mol. The molecule has 2 rings (SSSR count). The Kier molecular flexibility index (Phi) is 7.84. The number of aliphatic imine (C=N–C) groups is 1. The van der Waals surface area contributed by atoms with Gasteiger partial charge in [0.1, 0.15) is 0 Å². The van der Waals surface area contributed by atoms with E-state index >= 15 is 0 Å². The smallest absolute Gasteiger partial charge is 0.191 e. The lowest BCUT2D eigenvalue weighted by molar-refractivity contribution is 0.152. The first-order chi connectivity index (χ1) is 11.8. The highest BCUT2D eigenvalue weighted by Gasteiger charge is 2.14. The van der Waals surface area contributed by atoms with E-state index in [2.05, 4.69) is 64.2 Å². The van der Waals surface area contributed by atoms with Gasteiger partial charge in [-0.25, -0.2) is 0 Å². The van der Waals surface area contributed by atoms with Gasteiger partial charge in [-0.05, 0) is 18.1 Å². The van der Waals surface area contributed by atoms with Crippen molar-refractivity contribution in [3.05, 3.63) is 71.8 Å². The number of nitrogens with zero attached hydrogens (tertiary/aromatic N) is 1. The summed E-state index contributed by atoms with van der Waals surface area (Å²) < 4.78 is 5.35. The largest absolute Gasteiger partial charge is 0.380 e.